The van der Waals surface area contributed by atoms with Gasteiger partial charge in [0.15, 0.2) is 0 Å². The van der Waals surface area contributed by atoms with E-state index in [1.807, 2.05) is 30.6 Å². The Balaban J connectivity index is 1.95. The summed E-state index contributed by atoms with van der Waals surface area (Å²) < 4.78 is 10.8. The van der Waals surface area contributed by atoms with Gasteiger partial charge in [0, 0.05) is 30.1 Å². The van der Waals surface area contributed by atoms with Crippen molar-refractivity contribution in [2.75, 3.05) is 27.8 Å². The number of aryl methyl sites for hydroxylation is 1. The Morgan fingerprint density at radius 2 is 2.00 bits per heavy atom. The van der Waals surface area contributed by atoms with Crippen LogP contribution in [0.1, 0.15) is 30.5 Å². The van der Waals surface area contributed by atoms with Gasteiger partial charge in [0.2, 0.25) is 0 Å². The average molecular weight is 314 g/mol. The first kappa shape index (κ1) is 17.3. The first-order valence-corrected chi connectivity index (χ1v) is 7.96. The molecule has 4 nitrogen and oxygen atoms in total. The number of rotatable bonds is 8. The van der Waals surface area contributed by atoms with E-state index in [2.05, 4.69) is 36.0 Å². The van der Waals surface area contributed by atoms with Crippen molar-refractivity contribution in [2.45, 2.75) is 25.8 Å². The van der Waals surface area contributed by atoms with Crippen molar-refractivity contribution in [3.05, 3.63) is 53.9 Å². The minimum Gasteiger partial charge on any atom is -0.497 e. The Hall–Kier alpha value is -2.07. The molecule has 0 spiro atoms. The van der Waals surface area contributed by atoms with Crippen LogP contribution in [-0.2, 0) is 6.42 Å². The molecular formula is C19H26N2O2. The summed E-state index contributed by atoms with van der Waals surface area (Å²) in [5.41, 5.74) is 2.47. The van der Waals surface area contributed by atoms with Gasteiger partial charge in [-0.05, 0) is 51.1 Å². The van der Waals surface area contributed by atoms with Gasteiger partial charge in [0.25, 0.3) is 0 Å². The number of aromatic nitrogens is 1. The predicted molar refractivity (Wildman–Crippen MR) is 93.1 cm³/mol. The van der Waals surface area contributed by atoms with E-state index in [9.17, 15) is 0 Å². The van der Waals surface area contributed by atoms with E-state index in [0.717, 1.165) is 30.9 Å². The van der Waals surface area contributed by atoms with Crippen molar-refractivity contribution in [1.82, 2.24) is 9.88 Å². The van der Waals surface area contributed by atoms with E-state index in [1.165, 1.54) is 11.1 Å². The Kier molecular flexibility index (Phi) is 6.41. The van der Waals surface area contributed by atoms with Crippen LogP contribution in [-0.4, -0.2) is 37.7 Å². The summed E-state index contributed by atoms with van der Waals surface area (Å²) in [6.45, 7) is 3.22. The largest absolute Gasteiger partial charge is 0.497 e. The molecule has 0 unspecified atom stereocenters. The Bertz CT molecular complexity index is 602. The maximum Gasteiger partial charge on any atom is 0.127 e. The van der Waals surface area contributed by atoms with Crippen LogP contribution in [0.15, 0.2) is 42.7 Å². The molecule has 0 aliphatic heterocycles. The maximum absolute atomic E-state index is 5.52. The van der Waals surface area contributed by atoms with Gasteiger partial charge in [0.05, 0.1) is 14.2 Å². The van der Waals surface area contributed by atoms with Crippen LogP contribution in [0.3, 0.4) is 0 Å². The molecule has 0 saturated heterocycles. The lowest BCUT2D eigenvalue weighted by atomic mass is 10.0. The fourth-order valence-electron chi connectivity index (χ4n) is 2.67. The van der Waals surface area contributed by atoms with Crippen molar-refractivity contribution >= 4 is 0 Å². The number of ether oxygens (including phenoxy) is 2. The molecule has 0 bridgehead atoms. The third-order valence-corrected chi connectivity index (χ3v) is 4.25. The molecule has 4 heteroatoms. The number of nitrogens with zero attached hydrogens (tertiary/aromatic N) is 2. The minimum absolute atomic E-state index is 0.282. The zero-order valence-corrected chi connectivity index (χ0v) is 14.5. The second-order valence-corrected chi connectivity index (χ2v) is 5.73. The third kappa shape index (κ3) is 4.70. The first-order valence-electron chi connectivity index (χ1n) is 7.96. The van der Waals surface area contributed by atoms with Gasteiger partial charge in [-0.2, -0.15) is 0 Å². The Morgan fingerprint density at radius 1 is 1.17 bits per heavy atom. The van der Waals surface area contributed by atoms with Crippen molar-refractivity contribution in [3.8, 4) is 11.5 Å². The molecule has 1 aromatic carbocycles. The normalized spacial score (nSPS) is 12.2. The number of hydrogen-bond acceptors (Lipinski definition) is 4. The van der Waals surface area contributed by atoms with Gasteiger partial charge < -0.3 is 9.47 Å². The lowest BCUT2D eigenvalue weighted by Crippen LogP contribution is -2.24. The molecule has 1 heterocycles. The molecule has 0 aliphatic rings. The number of pyridine rings is 1. The molecule has 0 amide bonds. The van der Waals surface area contributed by atoms with Crippen LogP contribution >= 0.6 is 0 Å². The van der Waals surface area contributed by atoms with Crippen LogP contribution < -0.4 is 9.47 Å². The Labute approximate surface area is 139 Å². The minimum atomic E-state index is 0.282. The molecule has 0 aliphatic carbocycles. The predicted octanol–water partition coefficient (Wildman–Crippen LogP) is 3.72. The third-order valence-electron chi connectivity index (χ3n) is 4.25. The lowest BCUT2D eigenvalue weighted by Gasteiger charge is -2.26. The monoisotopic (exact) mass is 314 g/mol. The summed E-state index contributed by atoms with van der Waals surface area (Å²) in [5.74, 6) is 1.69. The van der Waals surface area contributed by atoms with Crippen LogP contribution in [0.5, 0.6) is 11.5 Å². The molecule has 23 heavy (non-hydrogen) atoms. The smallest absolute Gasteiger partial charge is 0.127 e. The van der Waals surface area contributed by atoms with Gasteiger partial charge in [-0.3, -0.25) is 9.88 Å². The van der Waals surface area contributed by atoms with E-state index in [1.54, 1.807) is 14.2 Å². The fraction of sp³-hybridized carbons (Fsp3) is 0.421. The quantitative estimate of drug-likeness (QED) is 0.744. The van der Waals surface area contributed by atoms with E-state index < -0.39 is 0 Å². The molecule has 2 aromatic rings. The summed E-state index contributed by atoms with van der Waals surface area (Å²) in [4.78, 5) is 6.51. The highest BCUT2D eigenvalue weighted by molar-refractivity contribution is 5.42. The zero-order valence-electron chi connectivity index (χ0n) is 14.5. The first-order chi connectivity index (χ1) is 11.2. The average Bonchev–Trinajstić information content (AvgIpc) is 2.61. The molecule has 0 N–H and O–H groups in total. The number of methoxy groups -OCH3 is 2. The van der Waals surface area contributed by atoms with E-state index >= 15 is 0 Å². The standard InChI is InChI=1S/C19H26N2O2/c1-15(18-10-9-17(22-3)13-19(18)23-4)21(2)12-6-8-16-7-5-11-20-14-16/h5,7,9-11,13-15H,6,8,12H2,1-4H3/t15-/m0/s1. The molecule has 0 radical (unpaired) electrons. The lowest BCUT2D eigenvalue weighted by molar-refractivity contribution is 0.252. The summed E-state index contributed by atoms with van der Waals surface area (Å²) in [5, 5.41) is 0. The van der Waals surface area contributed by atoms with Gasteiger partial charge in [-0.15, -0.1) is 0 Å². The molecule has 1 atom stereocenters. The van der Waals surface area contributed by atoms with Crippen molar-refractivity contribution < 1.29 is 9.47 Å². The van der Waals surface area contributed by atoms with Crippen molar-refractivity contribution in [2.24, 2.45) is 0 Å². The van der Waals surface area contributed by atoms with Crippen LogP contribution in [0.2, 0.25) is 0 Å². The molecule has 0 saturated carbocycles. The van der Waals surface area contributed by atoms with Crippen LogP contribution in [0.4, 0.5) is 0 Å². The topological polar surface area (TPSA) is 34.6 Å². The van der Waals surface area contributed by atoms with E-state index in [-0.39, 0.29) is 6.04 Å². The Morgan fingerprint density at radius 3 is 2.65 bits per heavy atom. The van der Waals surface area contributed by atoms with Gasteiger partial charge in [-0.25, -0.2) is 0 Å². The fourth-order valence-corrected chi connectivity index (χ4v) is 2.67. The molecule has 2 rings (SSSR count). The highest BCUT2D eigenvalue weighted by Gasteiger charge is 2.16. The zero-order chi connectivity index (χ0) is 16.7. The van der Waals surface area contributed by atoms with Crippen molar-refractivity contribution in [3.63, 3.8) is 0 Å². The van der Waals surface area contributed by atoms with Gasteiger partial charge >= 0.3 is 0 Å². The summed E-state index contributed by atoms with van der Waals surface area (Å²) in [6.07, 6.45) is 5.90. The molecule has 0 fully saturated rings. The summed E-state index contributed by atoms with van der Waals surface area (Å²) in [6, 6.07) is 10.4. The second-order valence-electron chi connectivity index (χ2n) is 5.73. The number of hydrogen-bond donors (Lipinski definition) is 0. The van der Waals surface area contributed by atoms with Gasteiger partial charge in [-0.1, -0.05) is 12.1 Å². The van der Waals surface area contributed by atoms with E-state index in [0.29, 0.717) is 0 Å². The number of benzene rings is 1. The van der Waals surface area contributed by atoms with Gasteiger partial charge in [0.1, 0.15) is 11.5 Å². The van der Waals surface area contributed by atoms with Crippen LogP contribution in [0, 0.1) is 0 Å². The summed E-state index contributed by atoms with van der Waals surface area (Å²) >= 11 is 0. The second kappa shape index (κ2) is 8.53. The molecule has 1 aromatic heterocycles. The highest BCUT2D eigenvalue weighted by Crippen LogP contribution is 2.31. The molecular weight excluding hydrogens is 288 g/mol. The molecule has 124 valence electrons. The highest BCUT2D eigenvalue weighted by atomic mass is 16.5. The maximum atomic E-state index is 5.52. The summed E-state index contributed by atoms with van der Waals surface area (Å²) in [7, 11) is 5.52. The van der Waals surface area contributed by atoms with Crippen LogP contribution in [0.25, 0.3) is 0 Å². The van der Waals surface area contributed by atoms with Crippen molar-refractivity contribution in [1.29, 1.82) is 0 Å². The van der Waals surface area contributed by atoms with E-state index in [4.69, 9.17) is 9.47 Å². The SMILES string of the molecule is COc1ccc([C@H](C)N(C)CCCc2cccnc2)c(OC)c1.